The maximum absolute atomic E-state index is 13.1. The van der Waals surface area contributed by atoms with Crippen molar-refractivity contribution in [1.29, 1.82) is 0 Å². The number of aryl methyl sites for hydroxylation is 1. The standard InChI is InChI=1S/C23H28NO3.HI/c1-16-8-7-11-18(12-16)23(26,17-9-5-4-6-10-17)22(25)27-15-21-19-13-24(2,3)14-20(19)21;/h4-12,19-21,26H,13-15H2,1-3H3;1H/q+1;/p-1. The van der Waals surface area contributed by atoms with Crippen molar-refractivity contribution < 1.29 is 43.1 Å². The second-order valence-corrected chi connectivity index (χ2v) is 8.84. The van der Waals surface area contributed by atoms with Gasteiger partial charge in [0.25, 0.3) is 0 Å². The molecule has 1 saturated heterocycles. The van der Waals surface area contributed by atoms with E-state index >= 15 is 0 Å². The zero-order chi connectivity index (χ0) is 19.2. The molecule has 0 aromatic heterocycles. The molecule has 1 N–H and O–H groups in total. The summed E-state index contributed by atoms with van der Waals surface area (Å²) in [4.78, 5) is 13.1. The third kappa shape index (κ3) is 3.84. The van der Waals surface area contributed by atoms with Gasteiger partial charge in [-0.1, -0.05) is 60.2 Å². The molecular weight excluding hydrogens is 465 g/mol. The molecular formula is C23H28INO3. The minimum absolute atomic E-state index is 0. The maximum atomic E-state index is 13.1. The summed E-state index contributed by atoms with van der Waals surface area (Å²) in [6.45, 7) is 4.64. The van der Waals surface area contributed by atoms with Crippen molar-refractivity contribution in [3.63, 3.8) is 0 Å². The highest BCUT2D eigenvalue weighted by atomic mass is 127. The van der Waals surface area contributed by atoms with Crippen LogP contribution in [-0.4, -0.2) is 49.4 Å². The second-order valence-electron chi connectivity index (χ2n) is 8.84. The van der Waals surface area contributed by atoms with Crippen molar-refractivity contribution in [1.82, 2.24) is 0 Å². The van der Waals surface area contributed by atoms with E-state index in [2.05, 4.69) is 14.1 Å². The van der Waals surface area contributed by atoms with E-state index in [4.69, 9.17) is 4.74 Å². The Morgan fingerprint density at radius 2 is 1.68 bits per heavy atom. The largest absolute Gasteiger partial charge is 1.00 e. The lowest BCUT2D eigenvalue weighted by atomic mass is 9.85. The number of piperidine rings is 1. The molecule has 1 saturated carbocycles. The number of hydrogen-bond acceptors (Lipinski definition) is 3. The van der Waals surface area contributed by atoms with E-state index in [0.717, 1.165) is 23.1 Å². The van der Waals surface area contributed by atoms with Gasteiger partial charge in [-0.15, -0.1) is 0 Å². The highest BCUT2D eigenvalue weighted by Crippen LogP contribution is 2.53. The fraction of sp³-hybridized carbons (Fsp3) is 0.435. The molecule has 1 aliphatic carbocycles. The molecule has 0 bridgehead atoms. The highest BCUT2D eigenvalue weighted by Gasteiger charge is 2.61. The fourth-order valence-corrected chi connectivity index (χ4v) is 4.76. The number of carbonyl (C=O) groups is 1. The van der Waals surface area contributed by atoms with Crippen LogP contribution in [-0.2, 0) is 15.1 Å². The van der Waals surface area contributed by atoms with Crippen LogP contribution in [0.3, 0.4) is 0 Å². The van der Waals surface area contributed by atoms with E-state index in [0.29, 0.717) is 35.5 Å². The van der Waals surface area contributed by atoms with Crippen molar-refractivity contribution in [2.24, 2.45) is 17.8 Å². The molecule has 4 rings (SSSR count). The van der Waals surface area contributed by atoms with Crippen LogP contribution in [0.5, 0.6) is 0 Å². The molecule has 2 aromatic rings. The Morgan fingerprint density at radius 3 is 2.29 bits per heavy atom. The topological polar surface area (TPSA) is 46.5 Å². The van der Waals surface area contributed by atoms with Crippen LogP contribution < -0.4 is 24.0 Å². The summed E-state index contributed by atoms with van der Waals surface area (Å²) in [5.41, 5.74) is 0.292. The van der Waals surface area contributed by atoms with E-state index in [-0.39, 0.29) is 24.0 Å². The average Bonchev–Trinajstić information content (AvgIpc) is 3.14. The lowest BCUT2D eigenvalue weighted by Crippen LogP contribution is -3.00. The molecule has 0 radical (unpaired) electrons. The van der Waals surface area contributed by atoms with Gasteiger partial charge in [-0.2, -0.15) is 0 Å². The number of aliphatic hydroxyl groups is 1. The van der Waals surface area contributed by atoms with Crippen molar-refractivity contribution >= 4 is 5.97 Å². The first-order valence-electron chi connectivity index (χ1n) is 9.65. The third-order valence-corrected chi connectivity index (χ3v) is 6.25. The monoisotopic (exact) mass is 493 g/mol. The number of rotatable bonds is 5. The van der Waals surface area contributed by atoms with E-state index in [9.17, 15) is 9.90 Å². The van der Waals surface area contributed by atoms with Gasteiger partial charge in [0, 0.05) is 17.8 Å². The van der Waals surface area contributed by atoms with Gasteiger partial charge in [0.15, 0.2) is 0 Å². The van der Waals surface area contributed by atoms with Crippen molar-refractivity contribution in [3.8, 4) is 0 Å². The lowest BCUT2D eigenvalue weighted by Gasteiger charge is -2.28. The van der Waals surface area contributed by atoms with Crippen molar-refractivity contribution in [3.05, 3.63) is 71.3 Å². The zero-order valence-corrected chi connectivity index (χ0v) is 18.8. The number of benzene rings is 2. The molecule has 150 valence electrons. The molecule has 1 aliphatic heterocycles. The van der Waals surface area contributed by atoms with E-state index in [1.807, 2.05) is 43.3 Å². The Bertz CT molecular complexity index is 840. The number of ether oxygens (including phenoxy) is 1. The minimum Gasteiger partial charge on any atom is -1.00 e. The van der Waals surface area contributed by atoms with Gasteiger partial charge in [-0.25, -0.2) is 4.79 Å². The highest BCUT2D eigenvalue weighted by molar-refractivity contribution is 5.85. The first kappa shape index (κ1) is 21.3. The van der Waals surface area contributed by atoms with Gasteiger partial charge < -0.3 is 38.3 Å². The fourth-order valence-electron chi connectivity index (χ4n) is 4.76. The van der Waals surface area contributed by atoms with Gasteiger partial charge in [0.2, 0.25) is 5.60 Å². The summed E-state index contributed by atoms with van der Waals surface area (Å²) in [5.74, 6) is 1.16. The first-order chi connectivity index (χ1) is 12.8. The van der Waals surface area contributed by atoms with Crippen molar-refractivity contribution in [2.75, 3.05) is 33.8 Å². The molecule has 5 heteroatoms. The first-order valence-corrected chi connectivity index (χ1v) is 9.65. The number of esters is 1. The zero-order valence-electron chi connectivity index (χ0n) is 16.6. The SMILES string of the molecule is Cc1cccc(C(O)(C(=O)OCC2C3C[N+](C)(C)CC23)c2ccccc2)c1.[I-]. The maximum Gasteiger partial charge on any atom is 0.347 e. The number of nitrogens with zero attached hydrogens (tertiary/aromatic N) is 1. The Balaban J connectivity index is 0.00000225. The Labute approximate surface area is 184 Å². The van der Waals surface area contributed by atoms with E-state index < -0.39 is 11.6 Å². The number of likely N-dealkylation sites (tertiary alicyclic amines) is 1. The lowest BCUT2D eigenvalue weighted by molar-refractivity contribution is -0.883. The van der Waals surface area contributed by atoms with Gasteiger partial charge in [-0.05, 0) is 18.1 Å². The molecule has 1 heterocycles. The van der Waals surface area contributed by atoms with E-state index in [1.54, 1.807) is 18.2 Å². The van der Waals surface area contributed by atoms with Crippen molar-refractivity contribution in [2.45, 2.75) is 12.5 Å². The summed E-state index contributed by atoms with van der Waals surface area (Å²) in [6.07, 6.45) is 0. The molecule has 0 spiro atoms. The van der Waals surface area contributed by atoms with Crippen LogP contribution in [0.25, 0.3) is 0 Å². The van der Waals surface area contributed by atoms with E-state index in [1.165, 1.54) is 0 Å². The molecule has 3 atom stereocenters. The normalized spacial score (nSPS) is 26.5. The Kier molecular flexibility index (Phi) is 5.90. The number of hydrogen-bond donors (Lipinski definition) is 1. The molecule has 2 aromatic carbocycles. The Hall–Kier alpha value is -1.44. The second kappa shape index (κ2) is 7.76. The molecule has 3 unspecified atom stereocenters. The summed E-state index contributed by atoms with van der Waals surface area (Å²) in [7, 11) is 4.50. The van der Waals surface area contributed by atoms with Gasteiger partial charge in [0.05, 0.1) is 33.8 Å². The molecule has 0 amide bonds. The van der Waals surface area contributed by atoms with Crippen LogP contribution in [0.2, 0.25) is 0 Å². The summed E-state index contributed by atoms with van der Waals surface area (Å²) in [5, 5.41) is 11.5. The smallest absolute Gasteiger partial charge is 0.347 e. The number of carbonyl (C=O) groups excluding carboxylic acids is 1. The van der Waals surface area contributed by atoms with Gasteiger partial charge in [-0.3, -0.25) is 0 Å². The average molecular weight is 493 g/mol. The van der Waals surface area contributed by atoms with Crippen LogP contribution >= 0.6 is 0 Å². The molecule has 4 nitrogen and oxygen atoms in total. The Morgan fingerprint density at radius 1 is 1.07 bits per heavy atom. The summed E-state index contributed by atoms with van der Waals surface area (Å²) < 4.78 is 6.74. The summed E-state index contributed by atoms with van der Waals surface area (Å²) in [6, 6.07) is 16.5. The predicted molar refractivity (Wildman–Crippen MR) is 104 cm³/mol. The quantitative estimate of drug-likeness (QED) is 0.355. The minimum atomic E-state index is -1.79. The summed E-state index contributed by atoms with van der Waals surface area (Å²) >= 11 is 0. The molecule has 2 fully saturated rings. The number of fused-ring (bicyclic) bond motifs is 1. The van der Waals surface area contributed by atoms with Crippen LogP contribution in [0.15, 0.2) is 54.6 Å². The van der Waals surface area contributed by atoms with Crippen LogP contribution in [0.1, 0.15) is 16.7 Å². The third-order valence-electron chi connectivity index (χ3n) is 6.25. The van der Waals surface area contributed by atoms with Gasteiger partial charge in [0.1, 0.15) is 0 Å². The number of quaternary nitrogens is 1. The number of halogens is 1. The van der Waals surface area contributed by atoms with Crippen LogP contribution in [0.4, 0.5) is 0 Å². The predicted octanol–water partition coefficient (Wildman–Crippen LogP) is -0.270. The van der Waals surface area contributed by atoms with Crippen LogP contribution in [0, 0.1) is 24.7 Å². The van der Waals surface area contributed by atoms with Gasteiger partial charge >= 0.3 is 5.97 Å². The molecule has 28 heavy (non-hydrogen) atoms. The molecule has 2 aliphatic rings.